The molecule has 0 amide bonds. The minimum atomic E-state index is -1.38. The van der Waals surface area contributed by atoms with Crippen LogP contribution in [0.1, 0.15) is 33.0 Å². The molecule has 2 aromatic carbocycles. The van der Waals surface area contributed by atoms with E-state index >= 15 is 0 Å². The molecule has 3 atom stereocenters. The van der Waals surface area contributed by atoms with E-state index in [2.05, 4.69) is 12.1 Å². The first-order valence-electron chi connectivity index (χ1n) is 10.1. The van der Waals surface area contributed by atoms with Crippen LogP contribution in [0.2, 0.25) is 0 Å². The van der Waals surface area contributed by atoms with E-state index in [1.807, 2.05) is 89.3 Å². The number of hydrogen-bond acceptors (Lipinski definition) is 5. The van der Waals surface area contributed by atoms with Crippen molar-refractivity contribution in [1.29, 1.82) is 10.5 Å². The number of thiophene rings is 1. The molecule has 0 aliphatic carbocycles. The Morgan fingerprint density at radius 1 is 1.06 bits per heavy atom. The number of hydrogen-bond donors (Lipinski definition) is 0. The number of fused-ring (bicyclic) bond motifs is 3. The van der Waals surface area contributed by atoms with E-state index in [0.29, 0.717) is 5.56 Å². The van der Waals surface area contributed by atoms with Crippen LogP contribution in [0.3, 0.4) is 0 Å². The van der Waals surface area contributed by atoms with E-state index < -0.39 is 23.4 Å². The molecule has 5 heteroatoms. The normalized spacial score (nSPS) is 22.8. The van der Waals surface area contributed by atoms with Gasteiger partial charge in [0.25, 0.3) is 0 Å². The van der Waals surface area contributed by atoms with Gasteiger partial charge in [0, 0.05) is 17.2 Å². The summed E-state index contributed by atoms with van der Waals surface area (Å²) in [4.78, 5) is 16.0. The Labute approximate surface area is 185 Å². The fourth-order valence-corrected chi connectivity index (χ4v) is 5.64. The summed E-state index contributed by atoms with van der Waals surface area (Å²) in [5.41, 5.74) is 3.01. The fourth-order valence-electron chi connectivity index (χ4n) is 4.95. The van der Waals surface area contributed by atoms with Gasteiger partial charge in [0.2, 0.25) is 0 Å². The highest BCUT2D eigenvalue weighted by Crippen LogP contribution is 2.55. The Hall–Kier alpha value is -3.67. The topological polar surface area (TPSA) is 67.9 Å². The van der Waals surface area contributed by atoms with Crippen molar-refractivity contribution in [2.24, 2.45) is 5.41 Å². The number of anilines is 1. The van der Waals surface area contributed by atoms with Crippen LogP contribution < -0.4 is 4.90 Å². The van der Waals surface area contributed by atoms with E-state index in [1.165, 1.54) is 11.3 Å². The molecule has 1 aromatic heterocycles. The van der Waals surface area contributed by atoms with Gasteiger partial charge >= 0.3 is 0 Å². The molecule has 1 saturated heterocycles. The van der Waals surface area contributed by atoms with Crippen LogP contribution in [0.5, 0.6) is 0 Å². The van der Waals surface area contributed by atoms with Crippen molar-refractivity contribution in [1.82, 2.24) is 0 Å². The second-order valence-electron chi connectivity index (χ2n) is 8.07. The van der Waals surface area contributed by atoms with Gasteiger partial charge in [-0.1, -0.05) is 60.2 Å². The molecule has 1 unspecified atom stereocenters. The highest BCUT2D eigenvalue weighted by atomic mass is 32.1. The van der Waals surface area contributed by atoms with Gasteiger partial charge < -0.3 is 4.90 Å². The van der Waals surface area contributed by atoms with Gasteiger partial charge in [0.05, 0.1) is 18.2 Å². The van der Waals surface area contributed by atoms with Gasteiger partial charge in [-0.05, 0) is 40.9 Å². The summed E-state index contributed by atoms with van der Waals surface area (Å²) < 4.78 is 0. The maximum absolute atomic E-state index is 14.0. The van der Waals surface area contributed by atoms with Gasteiger partial charge in [-0.15, -0.1) is 0 Å². The van der Waals surface area contributed by atoms with Gasteiger partial charge in [0.15, 0.2) is 11.2 Å². The Kier molecular flexibility index (Phi) is 4.50. The number of para-hydroxylation sites is 1. The summed E-state index contributed by atoms with van der Waals surface area (Å²) in [6.07, 6.45) is 3.87. The first kappa shape index (κ1) is 19.3. The predicted octanol–water partition coefficient (Wildman–Crippen LogP) is 5.34. The smallest absolute Gasteiger partial charge is 0.185 e. The highest BCUT2D eigenvalue weighted by molar-refractivity contribution is 7.08. The second kappa shape index (κ2) is 7.23. The number of Topliss-reactive ketones (excluding diaryl/α,β-unsaturated/α-hetero) is 1. The lowest BCUT2D eigenvalue weighted by Crippen LogP contribution is -2.44. The van der Waals surface area contributed by atoms with Crippen LogP contribution in [0, 0.1) is 35.0 Å². The summed E-state index contributed by atoms with van der Waals surface area (Å²) >= 11 is 1.51. The molecule has 0 radical (unpaired) electrons. The largest absolute Gasteiger partial charge is 0.351 e. The minimum Gasteiger partial charge on any atom is -0.351 e. The van der Waals surface area contributed by atoms with E-state index in [-0.39, 0.29) is 5.78 Å². The summed E-state index contributed by atoms with van der Waals surface area (Å²) in [7, 11) is 0. The molecule has 0 spiro atoms. The van der Waals surface area contributed by atoms with Crippen molar-refractivity contribution < 1.29 is 4.79 Å². The molecule has 2 aliphatic rings. The molecular weight excluding hydrogens is 402 g/mol. The zero-order valence-electron chi connectivity index (χ0n) is 16.9. The lowest BCUT2D eigenvalue weighted by molar-refractivity contribution is 0.0951. The predicted molar refractivity (Wildman–Crippen MR) is 122 cm³/mol. The van der Waals surface area contributed by atoms with E-state index in [9.17, 15) is 15.3 Å². The molecule has 3 aromatic rings. The van der Waals surface area contributed by atoms with Crippen LogP contribution in [0.25, 0.3) is 6.08 Å². The molecule has 4 nitrogen and oxygen atoms in total. The number of nitriles is 2. The molecule has 150 valence electrons. The summed E-state index contributed by atoms with van der Waals surface area (Å²) in [6, 6.07) is 20.8. The monoisotopic (exact) mass is 421 g/mol. The number of carbonyl (C=O) groups excluding carboxylic acids is 1. The van der Waals surface area contributed by atoms with Gasteiger partial charge in [-0.3, -0.25) is 4.79 Å². The van der Waals surface area contributed by atoms with Crippen molar-refractivity contribution >= 4 is 28.9 Å². The number of benzene rings is 2. The van der Waals surface area contributed by atoms with Crippen LogP contribution in [-0.2, 0) is 0 Å². The van der Waals surface area contributed by atoms with Crippen molar-refractivity contribution in [2.45, 2.75) is 24.9 Å². The number of rotatable bonds is 3. The first-order valence-corrected chi connectivity index (χ1v) is 11.1. The average Bonchev–Trinajstić information content (AvgIpc) is 3.43. The quantitative estimate of drug-likeness (QED) is 0.535. The number of nitrogens with zero attached hydrogens (tertiary/aromatic N) is 3. The van der Waals surface area contributed by atoms with Crippen molar-refractivity contribution in [3.63, 3.8) is 0 Å². The molecule has 2 aliphatic heterocycles. The van der Waals surface area contributed by atoms with Gasteiger partial charge in [-0.2, -0.15) is 21.9 Å². The molecule has 3 heterocycles. The van der Waals surface area contributed by atoms with Crippen molar-refractivity contribution in [2.75, 3.05) is 4.90 Å². The average molecular weight is 422 g/mol. The number of ketones is 1. The Morgan fingerprint density at radius 3 is 2.48 bits per heavy atom. The third-order valence-corrected chi connectivity index (χ3v) is 7.12. The van der Waals surface area contributed by atoms with Crippen LogP contribution in [0.15, 0.2) is 71.4 Å². The Bertz CT molecular complexity index is 1250. The van der Waals surface area contributed by atoms with E-state index in [1.54, 1.807) is 0 Å². The summed E-state index contributed by atoms with van der Waals surface area (Å²) in [5, 5.41) is 24.6. The third kappa shape index (κ3) is 2.75. The van der Waals surface area contributed by atoms with Crippen molar-refractivity contribution in [3.8, 4) is 12.1 Å². The fraction of sp³-hybridized carbons (Fsp3) is 0.192. The molecule has 1 fully saturated rings. The molecule has 5 rings (SSSR count). The highest BCUT2D eigenvalue weighted by Gasteiger charge is 2.63. The van der Waals surface area contributed by atoms with Gasteiger partial charge in [-0.25, -0.2) is 0 Å². The standard InChI is InChI=1S/C26H19N3OS/c1-17-6-8-19(9-7-17)25(30)24-23(20-12-13-31-14-20)26(15-27,16-28)22-11-10-18-4-2-3-5-21(18)29(22)24/h2-14,22-24H,1H3/t22-,23?,24+/m1/s1. The number of aryl methyl sites for hydroxylation is 1. The van der Waals surface area contributed by atoms with E-state index in [0.717, 1.165) is 22.4 Å². The molecule has 0 N–H and O–H groups in total. The zero-order chi connectivity index (χ0) is 21.6. The first-order chi connectivity index (χ1) is 15.1. The maximum atomic E-state index is 14.0. The summed E-state index contributed by atoms with van der Waals surface area (Å²) in [5.74, 6) is -0.637. The van der Waals surface area contributed by atoms with Crippen LogP contribution >= 0.6 is 11.3 Å². The zero-order valence-corrected chi connectivity index (χ0v) is 17.7. The lowest BCUT2D eigenvalue weighted by Gasteiger charge is -2.35. The molecule has 0 saturated carbocycles. The summed E-state index contributed by atoms with van der Waals surface area (Å²) in [6.45, 7) is 1.98. The maximum Gasteiger partial charge on any atom is 0.185 e. The Morgan fingerprint density at radius 2 is 1.81 bits per heavy atom. The Balaban J connectivity index is 1.77. The van der Waals surface area contributed by atoms with Gasteiger partial charge in [0.1, 0.15) is 6.04 Å². The lowest BCUT2D eigenvalue weighted by atomic mass is 9.69. The molecule has 31 heavy (non-hydrogen) atoms. The number of carbonyl (C=O) groups is 1. The molecular formula is C26H19N3OS. The van der Waals surface area contributed by atoms with Crippen LogP contribution in [-0.4, -0.2) is 17.9 Å². The third-order valence-electron chi connectivity index (χ3n) is 6.42. The molecule has 0 bridgehead atoms. The minimum absolute atomic E-state index is 0.0707. The SMILES string of the molecule is Cc1ccc(C(=O)[C@@H]2C(c3ccsc3)C(C#N)(C#N)[C@H]3C=Cc4ccccc4N23)cc1. The van der Waals surface area contributed by atoms with Crippen LogP contribution in [0.4, 0.5) is 5.69 Å². The van der Waals surface area contributed by atoms with Crippen molar-refractivity contribution in [3.05, 3.63) is 93.7 Å². The second-order valence-corrected chi connectivity index (χ2v) is 8.85. The van der Waals surface area contributed by atoms with E-state index in [4.69, 9.17) is 0 Å².